The molecule has 0 N–H and O–H groups in total. The van der Waals surface area contributed by atoms with Gasteiger partial charge in [0, 0.05) is 35.9 Å². The van der Waals surface area contributed by atoms with Crippen molar-refractivity contribution < 1.29 is 0 Å². The first kappa shape index (κ1) is 18.0. The maximum absolute atomic E-state index is 4.91. The summed E-state index contributed by atoms with van der Waals surface area (Å²) in [4.78, 5) is 13.2. The number of rotatable bonds is 4. The Morgan fingerprint density at radius 2 is 0.800 bits per heavy atom. The van der Waals surface area contributed by atoms with Crippen LogP contribution in [0, 0.1) is 0 Å². The second-order valence-electron chi connectivity index (χ2n) is 7.04. The fourth-order valence-corrected chi connectivity index (χ4v) is 3.52. The van der Waals surface area contributed by atoms with Crippen molar-refractivity contribution >= 4 is 0 Å². The third kappa shape index (κ3) is 3.74. The van der Waals surface area contributed by atoms with Crippen LogP contribution in [0.3, 0.4) is 0 Å². The van der Waals surface area contributed by atoms with Gasteiger partial charge in [0.25, 0.3) is 0 Å². The molecule has 0 bridgehead atoms. The second-order valence-corrected chi connectivity index (χ2v) is 7.04. The maximum atomic E-state index is 4.91. The van der Waals surface area contributed by atoms with Gasteiger partial charge in [0.1, 0.15) is 0 Å². The Labute approximate surface area is 175 Å². The van der Waals surface area contributed by atoms with Crippen molar-refractivity contribution in [2.24, 2.45) is 0 Å². The number of pyridine rings is 3. The van der Waals surface area contributed by atoms with E-state index in [1.807, 2.05) is 30.3 Å². The first-order valence-corrected chi connectivity index (χ1v) is 9.85. The minimum absolute atomic E-state index is 0.925. The molecule has 0 amide bonds. The lowest BCUT2D eigenvalue weighted by Crippen LogP contribution is -1.91. The van der Waals surface area contributed by atoms with Gasteiger partial charge in [0.15, 0.2) is 0 Å². The van der Waals surface area contributed by atoms with Gasteiger partial charge in [0.05, 0.1) is 11.4 Å². The molecule has 0 saturated carbocycles. The first-order chi connectivity index (χ1) is 14.9. The summed E-state index contributed by atoms with van der Waals surface area (Å²) in [5, 5.41) is 0. The summed E-state index contributed by atoms with van der Waals surface area (Å²) in [5.41, 5.74) is 8.64. The molecule has 0 aliphatic heterocycles. The molecule has 0 fully saturated rings. The van der Waals surface area contributed by atoms with E-state index < -0.39 is 0 Å². The fraction of sp³-hybridized carbons (Fsp3) is 0. The highest BCUT2D eigenvalue weighted by atomic mass is 14.7. The molecule has 0 radical (unpaired) electrons. The van der Waals surface area contributed by atoms with Gasteiger partial charge in [0.2, 0.25) is 0 Å². The molecule has 0 unspecified atom stereocenters. The molecule has 3 heteroatoms. The molecule has 3 aromatic heterocycles. The predicted octanol–water partition coefficient (Wildman–Crippen LogP) is 6.54. The zero-order valence-electron chi connectivity index (χ0n) is 16.3. The number of benzene rings is 2. The van der Waals surface area contributed by atoms with E-state index in [1.54, 1.807) is 24.8 Å². The van der Waals surface area contributed by atoms with Crippen molar-refractivity contribution in [2.75, 3.05) is 0 Å². The number of nitrogens with zero attached hydrogens (tertiary/aromatic N) is 3. The Morgan fingerprint density at radius 3 is 1.30 bits per heavy atom. The minimum Gasteiger partial charge on any atom is -0.265 e. The molecular weight excluding hydrogens is 366 g/mol. The standard InChI is InChI=1S/C27H19N3/c1-2-4-20(5-3-1)21-6-8-22(9-7-21)25-18-26(23-10-14-28-15-11-23)30-27(19-25)24-12-16-29-17-13-24/h1-19H. The average Bonchev–Trinajstić information content (AvgIpc) is 2.85. The van der Waals surface area contributed by atoms with Gasteiger partial charge in [-0.05, 0) is 58.7 Å². The Kier molecular flexibility index (Phi) is 4.84. The molecule has 5 aromatic rings. The Morgan fingerprint density at radius 1 is 0.367 bits per heavy atom. The minimum atomic E-state index is 0.925. The largest absolute Gasteiger partial charge is 0.265 e. The van der Waals surface area contributed by atoms with Crippen LogP contribution >= 0.6 is 0 Å². The zero-order valence-corrected chi connectivity index (χ0v) is 16.3. The summed E-state index contributed by atoms with van der Waals surface area (Å²) < 4.78 is 0. The van der Waals surface area contributed by atoms with E-state index in [1.165, 1.54) is 11.1 Å². The monoisotopic (exact) mass is 385 g/mol. The van der Waals surface area contributed by atoms with Gasteiger partial charge in [-0.3, -0.25) is 9.97 Å². The second kappa shape index (κ2) is 8.10. The summed E-state index contributed by atoms with van der Waals surface area (Å²) in [5.74, 6) is 0. The van der Waals surface area contributed by atoms with E-state index in [-0.39, 0.29) is 0 Å². The molecule has 5 rings (SSSR count). The van der Waals surface area contributed by atoms with Crippen molar-refractivity contribution in [3.8, 4) is 44.8 Å². The smallest absolute Gasteiger partial charge is 0.0716 e. The Hall–Kier alpha value is -4.11. The predicted molar refractivity (Wildman–Crippen MR) is 122 cm³/mol. The van der Waals surface area contributed by atoms with Crippen LogP contribution < -0.4 is 0 Å². The van der Waals surface area contributed by atoms with Gasteiger partial charge < -0.3 is 0 Å². The van der Waals surface area contributed by atoms with Crippen molar-refractivity contribution in [1.29, 1.82) is 0 Å². The third-order valence-corrected chi connectivity index (χ3v) is 5.10. The van der Waals surface area contributed by atoms with Gasteiger partial charge >= 0.3 is 0 Å². The van der Waals surface area contributed by atoms with Crippen LogP contribution in [0.5, 0.6) is 0 Å². The lowest BCUT2D eigenvalue weighted by molar-refractivity contribution is 1.27. The molecule has 3 nitrogen and oxygen atoms in total. The SMILES string of the molecule is c1ccc(-c2ccc(-c3cc(-c4ccncc4)nc(-c4ccncc4)c3)cc2)cc1. The molecular formula is C27H19N3. The highest BCUT2D eigenvalue weighted by molar-refractivity contribution is 5.77. The molecule has 0 atom stereocenters. The van der Waals surface area contributed by atoms with Crippen LogP contribution in [0.2, 0.25) is 0 Å². The molecule has 3 heterocycles. The number of aromatic nitrogens is 3. The van der Waals surface area contributed by atoms with Crippen LogP contribution in [0.25, 0.3) is 44.8 Å². The highest BCUT2D eigenvalue weighted by Crippen LogP contribution is 2.31. The molecule has 0 aliphatic carbocycles. The molecule has 0 aliphatic rings. The zero-order chi connectivity index (χ0) is 20.2. The van der Waals surface area contributed by atoms with Crippen molar-refractivity contribution in [1.82, 2.24) is 15.0 Å². The van der Waals surface area contributed by atoms with Gasteiger partial charge in [-0.25, -0.2) is 4.98 Å². The van der Waals surface area contributed by atoms with Crippen LogP contribution in [-0.2, 0) is 0 Å². The van der Waals surface area contributed by atoms with Crippen LogP contribution in [0.1, 0.15) is 0 Å². The van der Waals surface area contributed by atoms with E-state index in [4.69, 9.17) is 4.98 Å². The van der Waals surface area contributed by atoms with Gasteiger partial charge in [-0.1, -0.05) is 54.6 Å². The normalized spacial score (nSPS) is 10.7. The van der Waals surface area contributed by atoms with Crippen molar-refractivity contribution in [3.05, 3.63) is 116 Å². The van der Waals surface area contributed by atoms with Crippen LogP contribution in [-0.4, -0.2) is 15.0 Å². The van der Waals surface area contributed by atoms with Crippen LogP contribution in [0.4, 0.5) is 0 Å². The van der Waals surface area contributed by atoms with Gasteiger partial charge in [-0.15, -0.1) is 0 Å². The lowest BCUT2D eigenvalue weighted by Gasteiger charge is -2.11. The molecule has 0 spiro atoms. The third-order valence-electron chi connectivity index (χ3n) is 5.10. The van der Waals surface area contributed by atoms with E-state index in [9.17, 15) is 0 Å². The van der Waals surface area contributed by atoms with E-state index in [0.29, 0.717) is 0 Å². The Bertz CT molecular complexity index is 1190. The summed E-state index contributed by atoms with van der Waals surface area (Å²) in [6.45, 7) is 0. The van der Waals surface area contributed by atoms with E-state index in [0.717, 1.165) is 33.6 Å². The molecule has 0 saturated heterocycles. The topological polar surface area (TPSA) is 38.7 Å². The molecule has 142 valence electrons. The summed E-state index contributed by atoms with van der Waals surface area (Å²) in [6, 6.07) is 31.3. The summed E-state index contributed by atoms with van der Waals surface area (Å²) in [7, 11) is 0. The molecule has 2 aromatic carbocycles. The van der Waals surface area contributed by atoms with Crippen molar-refractivity contribution in [3.63, 3.8) is 0 Å². The van der Waals surface area contributed by atoms with Crippen LogP contribution in [0.15, 0.2) is 116 Å². The summed E-state index contributed by atoms with van der Waals surface area (Å²) >= 11 is 0. The quantitative estimate of drug-likeness (QED) is 0.352. The number of hydrogen-bond acceptors (Lipinski definition) is 3. The summed E-state index contributed by atoms with van der Waals surface area (Å²) in [6.07, 6.45) is 7.18. The number of hydrogen-bond donors (Lipinski definition) is 0. The van der Waals surface area contributed by atoms with E-state index in [2.05, 4.69) is 70.6 Å². The van der Waals surface area contributed by atoms with E-state index >= 15 is 0 Å². The first-order valence-electron chi connectivity index (χ1n) is 9.85. The maximum Gasteiger partial charge on any atom is 0.0716 e. The average molecular weight is 385 g/mol. The molecule has 30 heavy (non-hydrogen) atoms. The van der Waals surface area contributed by atoms with Crippen molar-refractivity contribution in [2.45, 2.75) is 0 Å². The van der Waals surface area contributed by atoms with Gasteiger partial charge in [-0.2, -0.15) is 0 Å². The fourth-order valence-electron chi connectivity index (χ4n) is 3.52. The lowest BCUT2D eigenvalue weighted by atomic mass is 9.98. The highest BCUT2D eigenvalue weighted by Gasteiger charge is 2.09. The Balaban J connectivity index is 1.60.